The van der Waals surface area contributed by atoms with Crippen molar-refractivity contribution in [2.75, 3.05) is 22.8 Å². The van der Waals surface area contributed by atoms with Crippen LogP contribution in [-0.4, -0.2) is 33.0 Å². The normalized spacial score (nSPS) is 15.4. The van der Waals surface area contributed by atoms with Crippen LogP contribution in [0.5, 0.6) is 0 Å². The Balaban J connectivity index is 1.73. The Kier molecular flexibility index (Phi) is 6.81. The Labute approximate surface area is 148 Å². The zero-order valence-corrected chi connectivity index (χ0v) is 15.2. The summed E-state index contributed by atoms with van der Waals surface area (Å²) in [6.45, 7) is -0.0745. The molecule has 1 fully saturated rings. The summed E-state index contributed by atoms with van der Waals surface area (Å²) >= 11 is 0. The highest BCUT2D eigenvalue weighted by Crippen LogP contribution is 2.26. The molecule has 8 heteroatoms. The Morgan fingerprint density at radius 2 is 1.60 bits per heavy atom. The first-order chi connectivity index (χ1) is 11.8. The number of hydrogen-bond acceptors (Lipinski definition) is 4. The lowest BCUT2D eigenvalue weighted by atomic mass is 9.87. The molecule has 0 bridgehead atoms. The highest BCUT2D eigenvalue weighted by molar-refractivity contribution is 7.92. The van der Waals surface area contributed by atoms with Gasteiger partial charge in [-0.25, -0.2) is 8.42 Å². The molecule has 1 saturated carbocycles. The molecule has 0 saturated heterocycles. The van der Waals surface area contributed by atoms with E-state index in [9.17, 15) is 18.0 Å². The summed E-state index contributed by atoms with van der Waals surface area (Å²) in [5.41, 5.74) is 0.951. The zero-order valence-electron chi connectivity index (χ0n) is 14.4. The Bertz CT molecular complexity index is 695. The molecule has 0 atom stereocenters. The van der Waals surface area contributed by atoms with Gasteiger partial charge >= 0.3 is 0 Å². The molecule has 0 aromatic heterocycles. The topological polar surface area (TPSA) is 104 Å². The third kappa shape index (κ3) is 7.55. The number of benzene rings is 1. The second-order valence-corrected chi connectivity index (χ2v) is 8.23. The largest absolute Gasteiger partial charge is 0.347 e. The van der Waals surface area contributed by atoms with E-state index in [0.717, 1.165) is 19.1 Å². The van der Waals surface area contributed by atoms with Gasteiger partial charge in [0.05, 0.1) is 12.8 Å². The minimum atomic E-state index is -3.33. The zero-order chi connectivity index (χ0) is 18.3. The summed E-state index contributed by atoms with van der Waals surface area (Å²) < 4.78 is 24.6. The van der Waals surface area contributed by atoms with E-state index in [2.05, 4.69) is 15.4 Å². The van der Waals surface area contributed by atoms with Crippen LogP contribution >= 0.6 is 0 Å². The van der Waals surface area contributed by atoms with Gasteiger partial charge in [-0.3, -0.25) is 14.3 Å². The van der Waals surface area contributed by atoms with E-state index < -0.39 is 10.0 Å². The predicted octanol–water partition coefficient (Wildman–Crippen LogP) is 2.08. The summed E-state index contributed by atoms with van der Waals surface area (Å²) in [5, 5.41) is 5.31. The van der Waals surface area contributed by atoms with Crippen molar-refractivity contribution in [2.45, 2.75) is 38.5 Å². The van der Waals surface area contributed by atoms with Crippen LogP contribution in [0.1, 0.15) is 38.5 Å². The Morgan fingerprint density at radius 1 is 1.00 bits per heavy atom. The molecule has 7 nitrogen and oxygen atoms in total. The van der Waals surface area contributed by atoms with Crippen LogP contribution in [-0.2, 0) is 19.6 Å². The van der Waals surface area contributed by atoms with Crippen LogP contribution in [0.2, 0.25) is 0 Å². The van der Waals surface area contributed by atoms with Gasteiger partial charge in [0.2, 0.25) is 21.8 Å². The second kappa shape index (κ2) is 8.84. The molecular formula is C17H25N3O4S. The molecule has 1 aromatic rings. The first kappa shape index (κ1) is 19.2. The van der Waals surface area contributed by atoms with Crippen LogP contribution in [0, 0.1) is 5.92 Å². The fourth-order valence-electron chi connectivity index (χ4n) is 2.95. The summed E-state index contributed by atoms with van der Waals surface area (Å²) in [7, 11) is -3.33. The Hall–Kier alpha value is -2.09. The second-order valence-electron chi connectivity index (χ2n) is 6.48. The summed E-state index contributed by atoms with van der Waals surface area (Å²) in [6.07, 6.45) is 7.35. The van der Waals surface area contributed by atoms with E-state index in [1.807, 2.05) is 0 Å². The standard InChI is InChI=1S/C17H25N3O4S/c1-25(23,24)20-15-9-7-14(8-10-15)19-17(22)12-18-16(21)11-13-5-3-2-4-6-13/h7-10,13,20H,2-6,11-12H2,1H3,(H,18,21)(H,19,22). The molecule has 0 heterocycles. The minimum absolute atomic E-state index is 0.0745. The van der Waals surface area contributed by atoms with E-state index in [4.69, 9.17) is 0 Å². The molecule has 0 unspecified atom stereocenters. The molecule has 2 rings (SSSR count). The first-order valence-corrected chi connectivity index (χ1v) is 10.4. The Morgan fingerprint density at radius 3 is 2.20 bits per heavy atom. The van der Waals surface area contributed by atoms with Crippen molar-refractivity contribution in [1.29, 1.82) is 0 Å². The van der Waals surface area contributed by atoms with Crippen LogP contribution in [0.4, 0.5) is 11.4 Å². The van der Waals surface area contributed by atoms with Crippen molar-refractivity contribution in [3.8, 4) is 0 Å². The third-order valence-corrected chi connectivity index (χ3v) is 4.72. The minimum Gasteiger partial charge on any atom is -0.347 e. The molecule has 3 N–H and O–H groups in total. The summed E-state index contributed by atoms with van der Waals surface area (Å²) in [4.78, 5) is 23.8. The van der Waals surface area contributed by atoms with Gasteiger partial charge in [-0.2, -0.15) is 0 Å². The molecule has 1 aromatic carbocycles. The summed E-state index contributed by atoms with van der Waals surface area (Å²) in [5.74, 6) is 0.0299. The highest BCUT2D eigenvalue weighted by Gasteiger charge is 2.17. The maximum absolute atomic E-state index is 11.9. The van der Waals surface area contributed by atoms with Gasteiger partial charge in [-0.05, 0) is 43.0 Å². The van der Waals surface area contributed by atoms with Gasteiger partial charge in [-0.1, -0.05) is 19.3 Å². The highest BCUT2D eigenvalue weighted by atomic mass is 32.2. The van der Waals surface area contributed by atoms with Crippen molar-refractivity contribution in [2.24, 2.45) is 5.92 Å². The molecule has 0 radical (unpaired) electrons. The summed E-state index contributed by atoms with van der Waals surface area (Å²) in [6, 6.07) is 6.29. The lowest BCUT2D eigenvalue weighted by Gasteiger charge is -2.20. The molecule has 2 amide bonds. The maximum atomic E-state index is 11.9. The van der Waals surface area contributed by atoms with Gasteiger partial charge in [0.1, 0.15) is 0 Å². The molecule has 25 heavy (non-hydrogen) atoms. The van der Waals surface area contributed by atoms with Gasteiger partial charge in [0.25, 0.3) is 0 Å². The lowest BCUT2D eigenvalue weighted by Crippen LogP contribution is -2.34. The maximum Gasteiger partial charge on any atom is 0.243 e. The number of sulfonamides is 1. The van der Waals surface area contributed by atoms with Gasteiger partial charge in [0, 0.05) is 17.8 Å². The number of nitrogens with one attached hydrogen (secondary N) is 3. The number of rotatable bonds is 7. The fourth-order valence-corrected chi connectivity index (χ4v) is 3.51. The van der Waals surface area contributed by atoms with Crippen LogP contribution in [0.15, 0.2) is 24.3 Å². The molecule has 0 spiro atoms. The van der Waals surface area contributed by atoms with E-state index in [0.29, 0.717) is 23.7 Å². The van der Waals surface area contributed by atoms with E-state index in [1.165, 1.54) is 19.3 Å². The smallest absolute Gasteiger partial charge is 0.243 e. The average Bonchev–Trinajstić information content (AvgIpc) is 2.54. The lowest BCUT2D eigenvalue weighted by molar-refractivity contribution is -0.125. The van der Waals surface area contributed by atoms with Crippen LogP contribution in [0.25, 0.3) is 0 Å². The van der Waals surface area contributed by atoms with Crippen molar-refractivity contribution in [3.63, 3.8) is 0 Å². The number of anilines is 2. The fraction of sp³-hybridized carbons (Fsp3) is 0.529. The predicted molar refractivity (Wildman–Crippen MR) is 97.7 cm³/mol. The molecule has 0 aliphatic heterocycles. The van der Waals surface area contributed by atoms with Crippen LogP contribution < -0.4 is 15.4 Å². The third-order valence-electron chi connectivity index (χ3n) is 4.12. The monoisotopic (exact) mass is 367 g/mol. The van der Waals surface area contributed by atoms with Gasteiger partial charge < -0.3 is 10.6 Å². The molecule has 1 aliphatic carbocycles. The SMILES string of the molecule is CS(=O)(=O)Nc1ccc(NC(=O)CNC(=O)CC2CCCCC2)cc1. The first-order valence-electron chi connectivity index (χ1n) is 8.46. The molecule has 1 aliphatic rings. The van der Waals surface area contributed by atoms with Crippen molar-refractivity contribution in [1.82, 2.24) is 5.32 Å². The van der Waals surface area contributed by atoms with Crippen molar-refractivity contribution < 1.29 is 18.0 Å². The van der Waals surface area contributed by atoms with E-state index in [1.54, 1.807) is 24.3 Å². The quantitative estimate of drug-likeness (QED) is 0.686. The van der Waals surface area contributed by atoms with Crippen molar-refractivity contribution >= 4 is 33.2 Å². The van der Waals surface area contributed by atoms with E-state index >= 15 is 0 Å². The molecule has 138 valence electrons. The van der Waals surface area contributed by atoms with E-state index in [-0.39, 0.29) is 18.4 Å². The van der Waals surface area contributed by atoms with Gasteiger partial charge in [0.15, 0.2) is 0 Å². The van der Waals surface area contributed by atoms with Crippen molar-refractivity contribution in [3.05, 3.63) is 24.3 Å². The van der Waals surface area contributed by atoms with Gasteiger partial charge in [-0.15, -0.1) is 0 Å². The molecular weight excluding hydrogens is 342 g/mol. The van der Waals surface area contributed by atoms with Crippen LogP contribution in [0.3, 0.4) is 0 Å². The number of carbonyl (C=O) groups excluding carboxylic acids is 2. The number of amides is 2. The number of hydrogen-bond donors (Lipinski definition) is 3. The number of carbonyl (C=O) groups is 2. The average molecular weight is 367 g/mol.